The summed E-state index contributed by atoms with van der Waals surface area (Å²) in [4.78, 5) is 22.4. The Bertz CT molecular complexity index is 246. The molecule has 0 spiro atoms. The lowest BCUT2D eigenvalue weighted by Gasteiger charge is -2.09. The fourth-order valence-electron chi connectivity index (χ4n) is 1.11. The van der Waals surface area contributed by atoms with E-state index in [1.165, 1.54) is 0 Å². The molecule has 0 heterocycles. The molecule has 0 unspecified atom stereocenters. The Labute approximate surface area is 92.1 Å². The molecule has 0 bridgehead atoms. The van der Waals surface area contributed by atoms with Crippen molar-refractivity contribution in [2.45, 2.75) is 25.8 Å². The van der Waals surface area contributed by atoms with Crippen LogP contribution in [-0.4, -0.2) is 35.1 Å². The summed E-state index contributed by atoms with van der Waals surface area (Å²) in [5.41, 5.74) is 0.298. The third-order valence-electron chi connectivity index (χ3n) is 2.01. The monoisotopic (exact) mass is 230 g/mol. The largest absolute Gasteiger partial charge is 0.400 e. The maximum Gasteiger partial charge on any atom is 0.320 e. The van der Waals surface area contributed by atoms with Crippen LogP contribution in [0.3, 0.4) is 0 Å². The highest BCUT2D eigenvalue weighted by molar-refractivity contribution is 6.45. The van der Waals surface area contributed by atoms with Gasteiger partial charge in [0.15, 0.2) is 0 Å². The molecule has 0 aromatic carbocycles. The summed E-state index contributed by atoms with van der Waals surface area (Å²) in [5, 5.41) is 0. The number of rotatable bonds is 8. The second-order valence-corrected chi connectivity index (χ2v) is 5.71. The fourth-order valence-corrected chi connectivity index (χ4v) is 2.31. The topological polar surface area (TPSA) is 52.6 Å². The number of ketones is 2. The minimum atomic E-state index is -1.59. The summed E-state index contributed by atoms with van der Waals surface area (Å²) >= 11 is 0. The first-order chi connectivity index (χ1) is 7.02. The highest BCUT2D eigenvalue weighted by atomic mass is 28.3. The average Bonchev–Trinajstić information content (AvgIpc) is 2.22. The minimum Gasteiger partial charge on any atom is -0.400 e. The van der Waals surface area contributed by atoms with Crippen LogP contribution in [0.2, 0.25) is 6.04 Å². The molecule has 0 aliphatic heterocycles. The predicted molar refractivity (Wildman–Crippen MR) is 60.0 cm³/mol. The van der Waals surface area contributed by atoms with Gasteiger partial charge in [-0.1, -0.05) is 6.58 Å². The van der Waals surface area contributed by atoms with Crippen molar-refractivity contribution in [3.63, 3.8) is 0 Å². The first-order valence-corrected chi connectivity index (χ1v) is 6.57. The smallest absolute Gasteiger partial charge is 0.320 e. The van der Waals surface area contributed by atoms with Gasteiger partial charge in [0.2, 0.25) is 11.6 Å². The zero-order valence-corrected chi connectivity index (χ0v) is 10.7. The highest BCUT2D eigenvalue weighted by Crippen LogP contribution is 2.05. The standard InChI is InChI=1S/C10H18O4Si/c1-8(2)10(12)9(11)6-5-7-15(13-3)14-4/h15H,1,5-7H2,2-4H3. The van der Waals surface area contributed by atoms with Gasteiger partial charge in [0, 0.05) is 20.6 Å². The van der Waals surface area contributed by atoms with Crippen molar-refractivity contribution in [1.29, 1.82) is 0 Å². The van der Waals surface area contributed by atoms with Crippen LogP contribution in [0.4, 0.5) is 0 Å². The van der Waals surface area contributed by atoms with Gasteiger partial charge >= 0.3 is 9.28 Å². The molecule has 5 heteroatoms. The summed E-state index contributed by atoms with van der Waals surface area (Å²) in [5.74, 6) is -0.842. The van der Waals surface area contributed by atoms with Crippen LogP contribution in [0, 0.1) is 0 Å². The Kier molecular flexibility index (Phi) is 7.11. The molecule has 0 aliphatic rings. The maximum atomic E-state index is 11.3. The van der Waals surface area contributed by atoms with E-state index >= 15 is 0 Å². The first kappa shape index (κ1) is 14.2. The molecule has 0 amide bonds. The van der Waals surface area contributed by atoms with E-state index in [1.807, 2.05) is 0 Å². The summed E-state index contributed by atoms with van der Waals surface area (Å²) in [6.07, 6.45) is 0.887. The Balaban J connectivity index is 3.82. The van der Waals surface area contributed by atoms with Crippen molar-refractivity contribution in [3.05, 3.63) is 12.2 Å². The molecule has 0 N–H and O–H groups in total. The van der Waals surface area contributed by atoms with Crippen molar-refractivity contribution in [2.75, 3.05) is 14.2 Å². The molecule has 15 heavy (non-hydrogen) atoms. The zero-order chi connectivity index (χ0) is 11.8. The summed E-state index contributed by atoms with van der Waals surface area (Å²) in [7, 11) is 1.60. The van der Waals surface area contributed by atoms with Crippen molar-refractivity contribution in [1.82, 2.24) is 0 Å². The van der Waals surface area contributed by atoms with Gasteiger partial charge in [-0.25, -0.2) is 0 Å². The lowest BCUT2D eigenvalue weighted by atomic mass is 10.1. The van der Waals surface area contributed by atoms with Crippen molar-refractivity contribution >= 4 is 20.9 Å². The quantitative estimate of drug-likeness (QED) is 0.354. The molecule has 0 atom stereocenters. The van der Waals surface area contributed by atoms with Gasteiger partial charge < -0.3 is 8.85 Å². The Hall–Kier alpha value is -0.783. The maximum absolute atomic E-state index is 11.3. The molecule has 86 valence electrons. The van der Waals surface area contributed by atoms with Crippen molar-refractivity contribution < 1.29 is 18.4 Å². The molecule has 0 saturated carbocycles. The predicted octanol–water partition coefficient (Wildman–Crippen LogP) is 0.994. The Morgan fingerprint density at radius 3 is 2.20 bits per heavy atom. The lowest BCUT2D eigenvalue weighted by Crippen LogP contribution is -2.20. The third kappa shape index (κ3) is 5.61. The van der Waals surface area contributed by atoms with Gasteiger partial charge in [-0.05, 0) is 25.0 Å². The number of carbonyl (C=O) groups is 2. The molecular weight excluding hydrogens is 212 g/mol. The molecule has 0 aromatic heterocycles. The normalized spacial score (nSPS) is 10.4. The van der Waals surface area contributed by atoms with Crippen LogP contribution in [0.1, 0.15) is 19.8 Å². The summed E-state index contributed by atoms with van der Waals surface area (Å²) in [6.45, 7) is 4.98. The van der Waals surface area contributed by atoms with E-state index in [0.29, 0.717) is 12.0 Å². The second-order valence-electron chi connectivity index (χ2n) is 3.33. The van der Waals surface area contributed by atoms with E-state index in [2.05, 4.69) is 6.58 Å². The summed E-state index contributed by atoms with van der Waals surface area (Å²) < 4.78 is 10.2. The number of hydrogen-bond acceptors (Lipinski definition) is 4. The van der Waals surface area contributed by atoms with Gasteiger partial charge in [-0.15, -0.1) is 0 Å². The van der Waals surface area contributed by atoms with E-state index < -0.39 is 15.1 Å². The van der Waals surface area contributed by atoms with E-state index in [1.54, 1.807) is 21.1 Å². The molecular formula is C10H18O4Si. The summed E-state index contributed by atoms with van der Waals surface area (Å²) in [6, 6.07) is 0.738. The second kappa shape index (κ2) is 7.50. The van der Waals surface area contributed by atoms with Crippen molar-refractivity contribution in [2.24, 2.45) is 0 Å². The SMILES string of the molecule is C=C(C)C(=O)C(=O)CCC[SiH](OC)OC. The van der Waals surface area contributed by atoms with E-state index in [4.69, 9.17) is 8.85 Å². The van der Waals surface area contributed by atoms with Crippen LogP contribution in [0.5, 0.6) is 0 Å². The molecule has 4 nitrogen and oxygen atoms in total. The van der Waals surface area contributed by atoms with Crippen LogP contribution >= 0.6 is 0 Å². The van der Waals surface area contributed by atoms with Crippen LogP contribution in [0.25, 0.3) is 0 Å². The number of carbonyl (C=O) groups excluding carboxylic acids is 2. The van der Waals surface area contributed by atoms with Crippen molar-refractivity contribution in [3.8, 4) is 0 Å². The van der Waals surface area contributed by atoms with Gasteiger partial charge in [0.1, 0.15) is 0 Å². The lowest BCUT2D eigenvalue weighted by molar-refractivity contribution is -0.134. The van der Waals surface area contributed by atoms with Crippen LogP contribution < -0.4 is 0 Å². The van der Waals surface area contributed by atoms with Gasteiger partial charge in [-0.2, -0.15) is 0 Å². The highest BCUT2D eigenvalue weighted by Gasteiger charge is 2.15. The number of hydrogen-bond donors (Lipinski definition) is 0. The van der Waals surface area contributed by atoms with Gasteiger partial charge in [0.25, 0.3) is 0 Å². The van der Waals surface area contributed by atoms with Crippen LogP contribution in [0.15, 0.2) is 12.2 Å². The third-order valence-corrected chi connectivity index (χ3v) is 3.94. The first-order valence-electron chi connectivity index (χ1n) is 4.81. The molecule has 0 aromatic rings. The molecule has 0 fully saturated rings. The Morgan fingerprint density at radius 1 is 1.27 bits per heavy atom. The number of allylic oxidation sites excluding steroid dienone is 1. The molecule has 0 saturated heterocycles. The van der Waals surface area contributed by atoms with Gasteiger partial charge in [-0.3, -0.25) is 9.59 Å². The zero-order valence-electron chi connectivity index (χ0n) is 9.54. The van der Waals surface area contributed by atoms with E-state index in [-0.39, 0.29) is 12.2 Å². The van der Waals surface area contributed by atoms with Crippen LogP contribution in [-0.2, 0) is 18.4 Å². The minimum absolute atomic E-state index is 0.252. The molecule has 0 rings (SSSR count). The van der Waals surface area contributed by atoms with E-state index in [9.17, 15) is 9.59 Å². The average molecular weight is 230 g/mol. The fraction of sp³-hybridized carbons (Fsp3) is 0.600. The molecule has 0 aliphatic carbocycles. The van der Waals surface area contributed by atoms with E-state index in [0.717, 1.165) is 6.04 Å². The molecule has 0 radical (unpaired) electrons. The Morgan fingerprint density at radius 2 is 1.80 bits per heavy atom. The van der Waals surface area contributed by atoms with Gasteiger partial charge in [0.05, 0.1) is 0 Å². The number of Topliss-reactive ketones (excluding diaryl/α,β-unsaturated/α-hetero) is 2.